The average Bonchev–Trinajstić information content (AvgIpc) is 2.39. The number of aromatic carboxylic acids is 1. The molecule has 0 radical (unpaired) electrons. The molecule has 0 heterocycles. The Morgan fingerprint density at radius 3 is 2.53 bits per heavy atom. The van der Waals surface area contributed by atoms with Gasteiger partial charge in [-0.2, -0.15) is 0 Å². The first-order valence-electron chi connectivity index (χ1n) is 5.46. The lowest BCUT2D eigenvalue weighted by Crippen LogP contribution is -2.03. The smallest absolute Gasteiger partial charge is 0.339 e. The Kier molecular flexibility index (Phi) is 4.36. The second-order valence-electron chi connectivity index (χ2n) is 3.86. The number of carbonyl (C=O) groups is 1. The molecule has 0 aliphatic rings. The molecule has 0 atom stereocenters. The zero-order valence-electron chi connectivity index (χ0n) is 9.77. The van der Waals surface area contributed by atoms with E-state index in [0.717, 1.165) is 9.13 Å². The highest BCUT2D eigenvalue weighted by Gasteiger charge is 2.11. The molecule has 0 aliphatic carbocycles. The van der Waals surface area contributed by atoms with Gasteiger partial charge in [0.25, 0.3) is 0 Å². The summed E-state index contributed by atoms with van der Waals surface area (Å²) in [5.41, 5.74) is 0.894. The van der Waals surface area contributed by atoms with Crippen molar-refractivity contribution >= 4 is 28.6 Å². The van der Waals surface area contributed by atoms with Crippen LogP contribution in [-0.2, 0) is 6.61 Å². The zero-order valence-corrected chi connectivity index (χ0v) is 11.9. The molecule has 0 amide bonds. The number of benzene rings is 2. The van der Waals surface area contributed by atoms with Crippen molar-refractivity contribution in [3.05, 3.63) is 63.0 Å². The topological polar surface area (TPSA) is 46.5 Å². The lowest BCUT2D eigenvalue weighted by molar-refractivity contribution is 0.0691. The molecule has 5 heteroatoms. The van der Waals surface area contributed by atoms with Crippen molar-refractivity contribution in [2.45, 2.75) is 6.61 Å². The number of carboxylic acid groups (broad SMARTS) is 1. The highest BCUT2D eigenvalue weighted by atomic mass is 127. The van der Waals surface area contributed by atoms with Gasteiger partial charge in [-0.3, -0.25) is 0 Å². The van der Waals surface area contributed by atoms with Gasteiger partial charge >= 0.3 is 5.97 Å². The second kappa shape index (κ2) is 6.01. The predicted octanol–water partition coefficient (Wildman–Crippen LogP) is 3.71. The van der Waals surface area contributed by atoms with Crippen LogP contribution in [0.2, 0.25) is 0 Å². The van der Waals surface area contributed by atoms with Gasteiger partial charge in [-0.05, 0) is 58.5 Å². The number of rotatable bonds is 4. The standard InChI is InChI=1S/C14H10FIO3/c15-10-3-1-9(2-4-10)8-19-13-6-5-11(16)7-12(13)14(17)18/h1-7H,8H2,(H,17,18). The van der Waals surface area contributed by atoms with Crippen LogP contribution in [0.5, 0.6) is 5.75 Å². The fourth-order valence-corrected chi connectivity index (χ4v) is 2.03. The molecular weight excluding hydrogens is 362 g/mol. The van der Waals surface area contributed by atoms with E-state index < -0.39 is 5.97 Å². The Labute approximate surface area is 123 Å². The van der Waals surface area contributed by atoms with Crippen molar-refractivity contribution < 1.29 is 19.0 Å². The molecule has 0 bridgehead atoms. The number of halogens is 2. The van der Waals surface area contributed by atoms with Gasteiger partial charge in [0.05, 0.1) is 0 Å². The van der Waals surface area contributed by atoms with Gasteiger partial charge in [-0.15, -0.1) is 0 Å². The van der Waals surface area contributed by atoms with Crippen LogP contribution in [-0.4, -0.2) is 11.1 Å². The van der Waals surface area contributed by atoms with Crippen LogP contribution in [0.25, 0.3) is 0 Å². The van der Waals surface area contributed by atoms with Crippen molar-refractivity contribution in [3.63, 3.8) is 0 Å². The summed E-state index contributed by atoms with van der Waals surface area (Å²) in [6, 6.07) is 10.8. The number of carboxylic acids is 1. The largest absolute Gasteiger partial charge is 0.488 e. The summed E-state index contributed by atoms with van der Waals surface area (Å²) in [5.74, 6) is -1.05. The number of ether oxygens (including phenoxy) is 1. The molecule has 98 valence electrons. The Morgan fingerprint density at radius 1 is 1.21 bits per heavy atom. The van der Waals surface area contributed by atoms with Crippen molar-refractivity contribution in [2.24, 2.45) is 0 Å². The quantitative estimate of drug-likeness (QED) is 0.833. The van der Waals surface area contributed by atoms with Crippen LogP contribution < -0.4 is 4.74 Å². The molecule has 19 heavy (non-hydrogen) atoms. The van der Waals surface area contributed by atoms with E-state index in [1.807, 2.05) is 22.6 Å². The van der Waals surface area contributed by atoms with Crippen LogP contribution in [0, 0.1) is 9.39 Å². The molecule has 0 spiro atoms. The second-order valence-corrected chi connectivity index (χ2v) is 5.11. The van der Waals surface area contributed by atoms with E-state index in [4.69, 9.17) is 9.84 Å². The minimum atomic E-state index is -1.03. The van der Waals surface area contributed by atoms with Gasteiger partial charge in [-0.1, -0.05) is 12.1 Å². The summed E-state index contributed by atoms with van der Waals surface area (Å²) in [4.78, 5) is 11.1. The number of hydrogen-bond donors (Lipinski definition) is 1. The normalized spacial score (nSPS) is 10.2. The minimum Gasteiger partial charge on any atom is -0.488 e. The monoisotopic (exact) mass is 372 g/mol. The Bertz CT molecular complexity index is 596. The highest BCUT2D eigenvalue weighted by Crippen LogP contribution is 2.22. The zero-order chi connectivity index (χ0) is 13.8. The summed E-state index contributed by atoms with van der Waals surface area (Å²) in [5, 5.41) is 9.09. The van der Waals surface area contributed by atoms with Gasteiger partial charge in [-0.25, -0.2) is 9.18 Å². The third-order valence-electron chi connectivity index (χ3n) is 2.48. The molecule has 2 aromatic rings. The fraction of sp³-hybridized carbons (Fsp3) is 0.0714. The van der Waals surface area contributed by atoms with E-state index in [2.05, 4.69) is 0 Å². The molecule has 0 saturated heterocycles. The van der Waals surface area contributed by atoms with Gasteiger partial charge in [0, 0.05) is 3.57 Å². The van der Waals surface area contributed by atoms with E-state index in [0.29, 0.717) is 5.75 Å². The molecule has 0 fully saturated rings. The van der Waals surface area contributed by atoms with Gasteiger partial charge < -0.3 is 9.84 Å². The first kappa shape index (κ1) is 13.8. The van der Waals surface area contributed by atoms with Crippen molar-refractivity contribution in [3.8, 4) is 5.75 Å². The molecule has 1 N–H and O–H groups in total. The fourth-order valence-electron chi connectivity index (χ4n) is 1.54. The summed E-state index contributed by atoms with van der Waals surface area (Å²) in [6.07, 6.45) is 0. The minimum absolute atomic E-state index is 0.119. The third-order valence-corrected chi connectivity index (χ3v) is 3.15. The molecule has 2 rings (SSSR count). The molecule has 2 aromatic carbocycles. The Morgan fingerprint density at radius 2 is 1.89 bits per heavy atom. The Hall–Kier alpha value is -1.63. The van der Waals surface area contributed by atoms with Crippen molar-refractivity contribution in [1.29, 1.82) is 0 Å². The molecule has 0 aromatic heterocycles. The first-order chi connectivity index (χ1) is 9.06. The van der Waals surface area contributed by atoms with E-state index in [1.54, 1.807) is 30.3 Å². The maximum atomic E-state index is 12.7. The first-order valence-corrected chi connectivity index (χ1v) is 6.54. The van der Waals surface area contributed by atoms with Gasteiger partial charge in [0.15, 0.2) is 0 Å². The lowest BCUT2D eigenvalue weighted by Gasteiger charge is -2.09. The highest BCUT2D eigenvalue weighted by molar-refractivity contribution is 14.1. The molecular formula is C14H10FIO3. The summed E-state index contributed by atoms with van der Waals surface area (Å²) < 4.78 is 19.0. The van der Waals surface area contributed by atoms with E-state index in [-0.39, 0.29) is 18.0 Å². The van der Waals surface area contributed by atoms with Crippen LogP contribution in [0.3, 0.4) is 0 Å². The molecule has 3 nitrogen and oxygen atoms in total. The third kappa shape index (κ3) is 3.66. The lowest BCUT2D eigenvalue weighted by atomic mass is 10.2. The summed E-state index contributed by atoms with van der Waals surface area (Å²) in [6.45, 7) is 0.196. The SMILES string of the molecule is O=C(O)c1cc(I)ccc1OCc1ccc(F)cc1. The Balaban J connectivity index is 2.15. The molecule has 0 unspecified atom stereocenters. The molecule has 0 aliphatic heterocycles. The van der Waals surface area contributed by atoms with E-state index in [1.165, 1.54) is 12.1 Å². The molecule has 0 saturated carbocycles. The maximum absolute atomic E-state index is 12.7. The van der Waals surface area contributed by atoms with Crippen LogP contribution in [0.15, 0.2) is 42.5 Å². The maximum Gasteiger partial charge on any atom is 0.339 e. The summed E-state index contributed by atoms with van der Waals surface area (Å²) >= 11 is 2.04. The van der Waals surface area contributed by atoms with E-state index in [9.17, 15) is 9.18 Å². The summed E-state index contributed by atoms with van der Waals surface area (Å²) in [7, 11) is 0. The van der Waals surface area contributed by atoms with E-state index >= 15 is 0 Å². The number of hydrogen-bond acceptors (Lipinski definition) is 2. The van der Waals surface area contributed by atoms with Crippen LogP contribution >= 0.6 is 22.6 Å². The van der Waals surface area contributed by atoms with Gasteiger partial charge in [0.1, 0.15) is 23.7 Å². The van der Waals surface area contributed by atoms with Crippen LogP contribution in [0.1, 0.15) is 15.9 Å². The predicted molar refractivity (Wildman–Crippen MR) is 76.9 cm³/mol. The van der Waals surface area contributed by atoms with Crippen LogP contribution in [0.4, 0.5) is 4.39 Å². The van der Waals surface area contributed by atoms with Crippen molar-refractivity contribution in [2.75, 3.05) is 0 Å². The van der Waals surface area contributed by atoms with Gasteiger partial charge in [0.2, 0.25) is 0 Å². The average molecular weight is 372 g/mol. The van der Waals surface area contributed by atoms with Crippen molar-refractivity contribution in [1.82, 2.24) is 0 Å².